The maximum absolute atomic E-state index is 12.8. The number of aromatic nitrogens is 4. The van der Waals surface area contributed by atoms with Gasteiger partial charge < -0.3 is 14.8 Å². The van der Waals surface area contributed by atoms with Gasteiger partial charge in [-0.15, -0.1) is 10.2 Å². The Morgan fingerprint density at radius 2 is 1.78 bits per heavy atom. The molecule has 1 saturated heterocycles. The molecule has 10 heteroatoms. The molecule has 0 aliphatic carbocycles. The molecule has 0 saturated carbocycles. The number of carbonyl (C=O) groups excluding carboxylic acids is 2. The minimum atomic E-state index is -0.238. The molecule has 0 unspecified atom stereocenters. The highest BCUT2D eigenvalue weighted by Crippen LogP contribution is 2.24. The standard InChI is InChI=1S/C22H21N7O2S/c30-19(13-15-14-24-17-6-2-1-5-16(15)17)28-9-11-29(12-10-28)22(31)25-21-27-26-20(32-21)18-7-3-4-8-23-18/h1-8,14,24H,9-13H2,(H,25,27,31). The average molecular weight is 448 g/mol. The Balaban J connectivity index is 1.15. The number of aromatic amines is 1. The molecular formula is C22H21N7O2S. The van der Waals surface area contributed by atoms with Gasteiger partial charge in [-0.2, -0.15) is 0 Å². The number of hydrogen-bond acceptors (Lipinski definition) is 6. The number of anilines is 1. The molecule has 0 bridgehead atoms. The lowest BCUT2D eigenvalue weighted by Gasteiger charge is -2.34. The molecule has 5 rings (SSSR count). The third-order valence-corrected chi connectivity index (χ3v) is 6.32. The molecule has 0 radical (unpaired) electrons. The number of fused-ring (bicyclic) bond motifs is 1. The van der Waals surface area contributed by atoms with Crippen LogP contribution < -0.4 is 5.32 Å². The molecule has 1 aromatic carbocycles. The molecule has 1 aliphatic heterocycles. The molecule has 4 aromatic rings. The normalized spacial score (nSPS) is 14.0. The smallest absolute Gasteiger partial charge is 0.323 e. The first kappa shape index (κ1) is 20.1. The summed E-state index contributed by atoms with van der Waals surface area (Å²) in [5.74, 6) is 0.0685. The molecule has 1 fully saturated rings. The highest BCUT2D eigenvalue weighted by molar-refractivity contribution is 7.18. The van der Waals surface area contributed by atoms with E-state index in [0.29, 0.717) is 48.4 Å². The summed E-state index contributed by atoms with van der Waals surface area (Å²) in [5, 5.41) is 13.1. The summed E-state index contributed by atoms with van der Waals surface area (Å²) in [4.78, 5) is 36.4. The maximum Gasteiger partial charge on any atom is 0.323 e. The van der Waals surface area contributed by atoms with Crippen molar-refractivity contribution >= 4 is 39.3 Å². The van der Waals surface area contributed by atoms with Crippen molar-refractivity contribution in [1.29, 1.82) is 0 Å². The van der Waals surface area contributed by atoms with Gasteiger partial charge in [-0.05, 0) is 23.8 Å². The van der Waals surface area contributed by atoms with Gasteiger partial charge in [0, 0.05) is 49.5 Å². The van der Waals surface area contributed by atoms with E-state index in [1.165, 1.54) is 11.3 Å². The molecule has 162 valence electrons. The van der Waals surface area contributed by atoms with Gasteiger partial charge in [0.1, 0.15) is 5.69 Å². The zero-order valence-electron chi connectivity index (χ0n) is 17.2. The van der Waals surface area contributed by atoms with Gasteiger partial charge in [-0.1, -0.05) is 35.6 Å². The van der Waals surface area contributed by atoms with Crippen LogP contribution in [0.1, 0.15) is 5.56 Å². The van der Waals surface area contributed by atoms with Gasteiger partial charge in [-0.3, -0.25) is 15.1 Å². The number of nitrogens with zero attached hydrogens (tertiary/aromatic N) is 5. The van der Waals surface area contributed by atoms with Crippen LogP contribution >= 0.6 is 11.3 Å². The van der Waals surface area contributed by atoms with Crippen LogP contribution in [0.3, 0.4) is 0 Å². The molecule has 0 spiro atoms. The SMILES string of the molecule is O=C(Cc1c[nH]c2ccccc12)N1CCN(C(=O)Nc2nnc(-c3ccccn3)s2)CC1. The van der Waals surface area contributed by atoms with Crippen LogP contribution in [0.4, 0.5) is 9.93 Å². The van der Waals surface area contributed by atoms with Crippen molar-refractivity contribution < 1.29 is 9.59 Å². The third-order valence-electron chi connectivity index (χ3n) is 5.46. The van der Waals surface area contributed by atoms with Crippen LogP contribution in [0.25, 0.3) is 21.6 Å². The quantitative estimate of drug-likeness (QED) is 0.500. The van der Waals surface area contributed by atoms with Gasteiger partial charge >= 0.3 is 6.03 Å². The van der Waals surface area contributed by atoms with E-state index in [4.69, 9.17) is 0 Å². The Morgan fingerprint density at radius 3 is 2.59 bits per heavy atom. The largest absolute Gasteiger partial charge is 0.361 e. The summed E-state index contributed by atoms with van der Waals surface area (Å²) >= 11 is 1.28. The van der Waals surface area contributed by atoms with Crippen molar-refractivity contribution in [2.45, 2.75) is 6.42 Å². The zero-order chi connectivity index (χ0) is 21.9. The summed E-state index contributed by atoms with van der Waals surface area (Å²) in [6, 6.07) is 13.3. The third kappa shape index (κ3) is 4.17. The maximum atomic E-state index is 12.8. The van der Waals surface area contributed by atoms with Crippen molar-refractivity contribution in [3.05, 3.63) is 60.4 Å². The van der Waals surface area contributed by atoms with Gasteiger partial charge in [-0.25, -0.2) is 4.79 Å². The molecule has 2 N–H and O–H groups in total. The van der Waals surface area contributed by atoms with E-state index in [0.717, 1.165) is 16.5 Å². The topological polar surface area (TPSA) is 107 Å². The van der Waals surface area contributed by atoms with Crippen LogP contribution in [0.2, 0.25) is 0 Å². The second-order valence-electron chi connectivity index (χ2n) is 7.46. The number of H-pyrrole nitrogens is 1. The molecule has 32 heavy (non-hydrogen) atoms. The number of carbonyl (C=O) groups is 2. The van der Waals surface area contributed by atoms with Crippen LogP contribution in [-0.4, -0.2) is 68.1 Å². The monoisotopic (exact) mass is 447 g/mol. The second-order valence-corrected chi connectivity index (χ2v) is 8.44. The number of urea groups is 1. The zero-order valence-corrected chi connectivity index (χ0v) is 18.0. The molecular weight excluding hydrogens is 426 g/mol. The Labute approximate surface area is 188 Å². The van der Waals surface area contributed by atoms with Crippen LogP contribution in [-0.2, 0) is 11.2 Å². The number of para-hydroxylation sites is 1. The minimum absolute atomic E-state index is 0.0685. The molecule has 1 aliphatic rings. The summed E-state index contributed by atoms with van der Waals surface area (Å²) in [7, 11) is 0. The highest BCUT2D eigenvalue weighted by Gasteiger charge is 2.25. The summed E-state index contributed by atoms with van der Waals surface area (Å²) in [6.45, 7) is 1.95. The fourth-order valence-corrected chi connectivity index (χ4v) is 4.46. The first-order valence-corrected chi connectivity index (χ1v) is 11.1. The molecule has 4 heterocycles. The molecule has 3 amide bonds. The lowest BCUT2D eigenvalue weighted by atomic mass is 10.1. The van der Waals surface area contributed by atoms with E-state index >= 15 is 0 Å². The average Bonchev–Trinajstić information content (AvgIpc) is 3.47. The molecule has 0 atom stereocenters. The first-order valence-electron chi connectivity index (χ1n) is 10.3. The van der Waals surface area contributed by atoms with Crippen molar-refractivity contribution in [2.75, 3.05) is 31.5 Å². The van der Waals surface area contributed by atoms with Crippen LogP contribution in [0.15, 0.2) is 54.9 Å². The Bertz CT molecular complexity index is 1250. The first-order chi connectivity index (χ1) is 15.7. The Morgan fingerprint density at radius 1 is 1.00 bits per heavy atom. The lowest BCUT2D eigenvalue weighted by molar-refractivity contribution is -0.131. The molecule has 3 aromatic heterocycles. The summed E-state index contributed by atoms with van der Waals surface area (Å²) in [6.07, 6.45) is 3.93. The number of nitrogens with one attached hydrogen (secondary N) is 2. The van der Waals surface area contributed by atoms with Crippen LogP contribution in [0.5, 0.6) is 0 Å². The predicted molar refractivity (Wildman–Crippen MR) is 122 cm³/mol. The van der Waals surface area contributed by atoms with Gasteiger partial charge in [0.2, 0.25) is 11.0 Å². The van der Waals surface area contributed by atoms with E-state index in [1.807, 2.05) is 53.6 Å². The number of benzene rings is 1. The summed E-state index contributed by atoms with van der Waals surface area (Å²) in [5.41, 5.74) is 2.73. The van der Waals surface area contributed by atoms with Gasteiger partial charge in [0.05, 0.1) is 6.42 Å². The van der Waals surface area contributed by atoms with Crippen LogP contribution in [0, 0.1) is 0 Å². The van der Waals surface area contributed by atoms with Crippen molar-refractivity contribution in [3.8, 4) is 10.7 Å². The van der Waals surface area contributed by atoms with E-state index in [2.05, 4.69) is 25.5 Å². The van der Waals surface area contributed by atoms with Crippen molar-refractivity contribution in [1.82, 2.24) is 30.0 Å². The number of hydrogen-bond donors (Lipinski definition) is 2. The highest BCUT2D eigenvalue weighted by atomic mass is 32.1. The van der Waals surface area contributed by atoms with Gasteiger partial charge in [0.15, 0.2) is 5.01 Å². The minimum Gasteiger partial charge on any atom is -0.361 e. The number of rotatable bonds is 4. The lowest BCUT2D eigenvalue weighted by Crippen LogP contribution is -2.52. The fraction of sp³-hybridized carbons (Fsp3) is 0.227. The van der Waals surface area contributed by atoms with Crippen molar-refractivity contribution in [2.24, 2.45) is 0 Å². The van der Waals surface area contributed by atoms with E-state index in [-0.39, 0.29) is 11.9 Å². The predicted octanol–water partition coefficient (Wildman–Crippen LogP) is 3.00. The van der Waals surface area contributed by atoms with E-state index < -0.39 is 0 Å². The second kappa shape index (κ2) is 8.75. The van der Waals surface area contributed by atoms with E-state index in [9.17, 15) is 9.59 Å². The molecule has 9 nitrogen and oxygen atoms in total. The number of piperazine rings is 1. The Hall–Kier alpha value is -3.79. The van der Waals surface area contributed by atoms with Gasteiger partial charge in [0.25, 0.3) is 0 Å². The number of pyridine rings is 1. The number of amides is 3. The van der Waals surface area contributed by atoms with E-state index in [1.54, 1.807) is 11.1 Å². The van der Waals surface area contributed by atoms with Crippen molar-refractivity contribution in [3.63, 3.8) is 0 Å². The Kier molecular flexibility index (Phi) is 5.51. The summed E-state index contributed by atoms with van der Waals surface area (Å²) < 4.78 is 0. The fourth-order valence-electron chi connectivity index (χ4n) is 3.75.